The number of aromatic amines is 1. The van der Waals surface area contributed by atoms with Gasteiger partial charge < -0.3 is 20.1 Å². The molecule has 1 saturated heterocycles. The first-order valence-electron chi connectivity index (χ1n) is 10.5. The Bertz CT molecular complexity index is 1060. The molecule has 2 heterocycles. The Hall–Kier alpha value is -3.46. The molecule has 1 aliphatic rings. The molecule has 31 heavy (non-hydrogen) atoms. The van der Waals surface area contributed by atoms with E-state index in [9.17, 15) is 14.9 Å². The number of nitro benzene ring substituents is 1. The lowest BCUT2D eigenvalue weighted by atomic mass is 10.1. The van der Waals surface area contributed by atoms with E-state index in [1.54, 1.807) is 6.07 Å². The quantitative estimate of drug-likeness (QED) is 0.466. The van der Waals surface area contributed by atoms with Gasteiger partial charge in [-0.2, -0.15) is 0 Å². The molecule has 0 atom stereocenters. The minimum absolute atomic E-state index is 0.0286. The summed E-state index contributed by atoms with van der Waals surface area (Å²) in [5.74, 6) is 0.754. The van der Waals surface area contributed by atoms with E-state index >= 15 is 0 Å². The van der Waals surface area contributed by atoms with Gasteiger partial charge in [0.15, 0.2) is 0 Å². The number of carbonyl (C=O) groups excluding carboxylic acids is 1. The zero-order chi connectivity index (χ0) is 21.8. The Morgan fingerprint density at radius 2 is 2.03 bits per heavy atom. The number of fused-ring (bicyclic) bond motifs is 1. The fourth-order valence-electron chi connectivity index (χ4n) is 3.83. The number of amides is 1. The number of non-ortho nitro benzene ring substituents is 1. The van der Waals surface area contributed by atoms with E-state index in [4.69, 9.17) is 4.98 Å². The summed E-state index contributed by atoms with van der Waals surface area (Å²) in [6.07, 6.45) is 1.33. The third-order valence-corrected chi connectivity index (χ3v) is 5.63. The van der Waals surface area contributed by atoms with Gasteiger partial charge in [-0.05, 0) is 37.6 Å². The molecule has 0 unspecified atom stereocenters. The number of para-hydroxylation sites is 2. The first-order chi connectivity index (χ1) is 15.0. The second-order valence-electron chi connectivity index (χ2n) is 7.81. The van der Waals surface area contributed by atoms with E-state index in [2.05, 4.69) is 20.1 Å². The van der Waals surface area contributed by atoms with Crippen LogP contribution >= 0.6 is 0 Å². The third kappa shape index (κ3) is 5.00. The fourth-order valence-corrected chi connectivity index (χ4v) is 3.83. The summed E-state index contributed by atoms with van der Waals surface area (Å²) in [5, 5.41) is 13.8. The molecule has 3 aromatic rings. The number of H-pyrrole nitrogens is 1. The second-order valence-corrected chi connectivity index (χ2v) is 7.81. The van der Waals surface area contributed by atoms with Crippen LogP contribution in [-0.2, 0) is 4.79 Å². The minimum Gasteiger partial charge on any atom is -0.341 e. The molecule has 1 aromatic heterocycles. The van der Waals surface area contributed by atoms with Crippen LogP contribution in [-0.4, -0.2) is 58.4 Å². The lowest BCUT2D eigenvalue weighted by Crippen LogP contribution is -2.33. The van der Waals surface area contributed by atoms with Crippen molar-refractivity contribution >= 4 is 34.3 Å². The molecule has 0 radical (unpaired) electrons. The summed E-state index contributed by atoms with van der Waals surface area (Å²) in [5.41, 5.74) is 3.26. The van der Waals surface area contributed by atoms with Crippen LogP contribution in [0.15, 0.2) is 42.5 Å². The highest BCUT2D eigenvalue weighted by atomic mass is 16.6. The number of carbonyl (C=O) groups is 1. The number of nitro groups is 1. The van der Waals surface area contributed by atoms with Gasteiger partial charge >= 0.3 is 0 Å². The Morgan fingerprint density at radius 1 is 1.19 bits per heavy atom. The monoisotopic (exact) mass is 422 g/mol. The molecule has 9 nitrogen and oxygen atoms in total. The van der Waals surface area contributed by atoms with Crippen molar-refractivity contribution in [2.45, 2.75) is 19.8 Å². The highest BCUT2D eigenvalue weighted by molar-refractivity contribution is 5.92. The lowest BCUT2D eigenvalue weighted by molar-refractivity contribution is -0.384. The molecule has 9 heteroatoms. The number of nitrogens with zero attached hydrogens (tertiary/aromatic N) is 4. The Morgan fingerprint density at radius 3 is 2.84 bits per heavy atom. The van der Waals surface area contributed by atoms with Crippen LogP contribution in [0.3, 0.4) is 0 Å². The average Bonchev–Trinajstić information content (AvgIpc) is 3.04. The van der Waals surface area contributed by atoms with Crippen molar-refractivity contribution in [1.29, 1.82) is 0 Å². The van der Waals surface area contributed by atoms with Crippen molar-refractivity contribution in [3.8, 4) is 0 Å². The molecule has 162 valence electrons. The smallest absolute Gasteiger partial charge is 0.271 e. The molecule has 1 amide bonds. The summed E-state index contributed by atoms with van der Waals surface area (Å²) in [4.78, 5) is 35.6. The topological polar surface area (TPSA) is 107 Å². The van der Waals surface area contributed by atoms with Crippen molar-refractivity contribution in [3.63, 3.8) is 0 Å². The average molecular weight is 422 g/mol. The SMILES string of the molecule is Cc1ccc([N+](=O)[O-])cc1NC(=O)CCN1CCCN(c2nc3ccccc3[nH]2)CC1. The molecule has 1 aliphatic heterocycles. The van der Waals surface area contributed by atoms with Gasteiger partial charge in [0.25, 0.3) is 5.69 Å². The predicted octanol–water partition coefficient (Wildman–Crippen LogP) is 3.32. The van der Waals surface area contributed by atoms with Gasteiger partial charge in [0.1, 0.15) is 0 Å². The molecular formula is C22H26N6O3. The molecule has 0 spiro atoms. The molecular weight excluding hydrogens is 396 g/mol. The predicted molar refractivity (Wildman–Crippen MR) is 120 cm³/mol. The normalized spacial score (nSPS) is 15.1. The number of imidazole rings is 1. The van der Waals surface area contributed by atoms with Crippen molar-refractivity contribution in [2.75, 3.05) is 42.9 Å². The fraction of sp³-hybridized carbons (Fsp3) is 0.364. The number of benzene rings is 2. The zero-order valence-corrected chi connectivity index (χ0v) is 17.5. The second kappa shape index (κ2) is 9.13. The number of hydrogen-bond donors (Lipinski definition) is 2. The van der Waals surface area contributed by atoms with Gasteiger partial charge in [-0.1, -0.05) is 18.2 Å². The van der Waals surface area contributed by atoms with E-state index in [1.807, 2.05) is 31.2 Å². The summed E-state index contributed by atoms with van der Waals surface area (Å²) < 4.78 is 0. The van der Waals surface area contributed by atoms with E-state index < -0.39 is 4.92 Å². The molecule has 2 N–H and O–H groups in total. The first-order valence-corrected chi connectivity index (χ1v) is 10.5. The number of nitrogens with one attached hydrogen (secondary N) is 2. The first kappa shape index (κ1) is 20.8. The van der Waals surface area contributed by atoms with Crippen LogP contribution in [0, 0.1) is 17.0 Å². The molecule has 0 saturated carbocycles. The highest BCUT2D eigenvalue weighted by Gasteiger charge is 2.18. The van der Waals surface area contributed by atoms with Gasteiger partial charge in [0.05, 0.1) is 21.6 Å². The van der Waals surface area contributed by atoms with Gasteiger partial charge in [-0.15, -0.1) is 0 Å². The van der Waals surface area contributed by atoms with Crippen molar-refractivity contribution < 1.29 is 9.72 Å². The Kier molecular flexibility index (Phi) is 6.13. The molecule has 0 bridgehead atoms. The number of anilines is 2. The summed E-state index contributed by atoms with van der Waals surface area (Å²) in [6, 6.07) is 12.5. The molecule has 2 aromatic carbocycles. The Balaban J connectivity index is 1.30. The number of aromatic nitrogens is 2. The Labute approximate surface area is 180 Å². The number of rotatable bonds is 6. The van der Waals surface area contributed by atoms with Crippen molar-refractivity contribution in [2.24, 2.45) is 0 Å². The lowest BCUT2D eigenvalue weighted by Gasteiger charge is -2.21. The van der Waals surface area contributed by atoms with Crippen molar-refractivity contribution in [1.82, 2.24) is 14.9 Å². The minimum atomic E-state index is -0.458. The van der Waals surface area contributed by atoms with Gasteiger partial charge in [0.2, 0.25) is 11.9 Å². The number of aryl methyl sites for hydroxylation is 1. The van der Waals surface area contributed by atoms with Crippen LogP contribution in [0.1, 0.15) is 18.4 Å². The largest absolute Gasteiger partial charge is 0.341 e. The summed E-state index contributed by atoms with van der Waals surface area (Å²) in [6.45, 7) is 5.98. The molecule has 4 rings (SSSR count). The van der Waals surface area contributed by atoms with Crippen LogP contribution in [0.25, 0.3) is 11.0 Å². The van der Waals surface area contributed by atoms with Crippen LogP contribution in [0.2, 0.25) is 0 Å². The molecule has 0 aliphatic carbocycles. The maximum Gasteiger partial charge on any atom is 0.271 e. The third-order valence-electron chi connectivity index (χ3n) is 5.63. The van der Waals surface area contributed by atoms with Gasteiger partial charge in [0, 0.05) is 44.7 Å². The van der Waals surface area contributed by atoms with E-state index in [0.717, 1.165) is 55.1 Å². The summed E-state index contributed by atoms with van der Waals surface area (Å²) >= 11 is 0. The van der Waals surface area contributed by atoms with Gasteiger partial charge in [-0.25, -0.2) is 4.98 Å². The van der Waals surface area contributed by atoms with E-state index in [-0.39, 0.29) is 11.6 Å². The maximum atomic E-state index is 12.4. The number of hydrogen-bond acceptors (Lipinski definition) is 6. The maximum absolute atomic E-state index is 12.4. The standard InChI is InChI=1S/C22H26N6O3/c1-16-7-8-17(28(30)31)15-20(16)23-21(29)9-12-26-10-4-11-27(14-13-26)22-24-18-5-2-3-6-19(18)25-22/h2-3,5-8,15H,4,9-14H2,1H3,(H,23,29)(H,24,25). The molecule has 1 fully saturated rings. The van der Waals surface area contributed by atoms with Crippen molar-refractivity contribution in [3.05, 3.63) is 58.1 Å². The van der Waals surface area contributed by atoms with Crippen LogP contribution in [0.5, 0.6) is 0 Å². The highest BCUT2D eigenvalue weighted by Crippen LogP contribution is 2.22. The zero-order valence-electron chi connectivity index (χ0n) is 17.5. The summed E-state index contributed by atoms with van der Waals surface area (Å²) in [7, 11) is 0. The van der Waals surface area contributed by atoms with Crippen LogP contribution in [0.4, 0.5) is 17.3 Å². The van der Waals surface area contributed by atoms with E-state index in [1.165, 1.54) is 12.1 Å². The van der Waals surface area contributed by atoms with Gasteiger partial charge in [-0.3, -0.25) is 14.9 Å². The van der Waals surface area contributed by atoms with Crippen LogP contribution < -0.4 is 10.2 Å². The van der Waals surface area contributed by atoms with E-state index in [0.29, 0.717) is 18.7 Å².